The minimum atomic E-state index is 0.00691. The number of Topliss-reactive ketones (excluding diaryl/α,β-unsaturated/α-hetero) is 1. The van der Waals surface area contributed by atoms with Gasteiger partial charge in [-0.2, -0.15) is 0 Å². The van der Waals surface area contributed by atoms with Crippen LogP contribution in [0, 0.1) is 13.8 Å². The Labute approximate surface area is 185 Å². The fraction of sp³-hybridized carbons (Fsp3) is 0.240. The van der Waals surface area contributed by atoms with E-state index >= 15 is 0 Å². The van der Waals surface area contributed by atoms with E-state index in [1.54, 1.807) is 7.11 Å². The van der Waals surface area contributed by atoms with Gasteiger partial charge in [0.15, 0.2) is 5.78 Å². The van der Waals surface area contributed by atoms with E-state index < -0.39 is 0 Å². The Kier molecular flexibility index (Phi) is 5.01. The molecule has 1 N–H and O–H groups in total. The quantitative estimate of drug-likeness (QED) is 0.507. The van der Waals surface area contributed by atoms with Crippen molar-refractivity contribution >= 4 is 28.6 Å². The summed E-state index contributed by atoms with van der Waals surface area (Å²) in [6.07, 6.45) is 1.05. The molecule has 0 aliphatic heterocycles. The van der Waals surface area contributed by atoms with E-state index in [-0.39, 0.29) is 11.7 Å². The van der Waals surface area contributed by atoms with Crippen molar-refractivity contribution in [3.05, 3.63) is 76.7 Å². The number of anilines is 2. The van der Waals surface area contributed by atoms with E-state index in [4.69, 9.17) is 9.72 Å². The molecule has 0 radical (unpaired) electrons. The van der Waals surface area contributed by atoms with Crippen LogP contribution in [0.2, 0.25) is 0 Å². The van der Waals surface area contributed by atoms with Crippen LogP contribution in [0.1, 0.15) is 45.3 Å². The van der Waals surface area contributed by atoms with E-state index in [0.29, 0.717) is 36.0 Å². The number of carbonyl (C=O) groups is 1. The lowest BCUT2D eigenvalue weighted by Gasteiger charge is -2.25. The number of nitrogens with one attached hydrogen (secondary N) is 1. The highest BCUT2D eigenvalue weighted by Gasteiger charge is 2.31. The Balaban J connectivity index is 1.50. The Morgan fingerprint density at radius 1 is 0.875 bits per heavy atom. The van der Waals surface area contributed by atoms with Crippen LogP contribution in [0.3, 0.4) is 0 Å². The number of nitrogens with zero attached hydrogens (tertiary/aromatic N) is 4. The van der Waals surface area contributed by atoms with Crippen molar-refractivity contribution in [2.75, 3.05) is 12.4 Å². The number of hydrogen-bond acceptors (Lipinski definition) is 7. The number of ketones is 1. The summed E-state index contributed by atoms with van der Waals surface area (Å²) >= 11 is 0. The van der Waals surface area contributed by atoms with Crippen LogP contribution in [-0.2, 0) is 6.42 Å². The van der Waals surface area contributed by atoms with Gasteiger partial charge in [-0.1, -0.05) is 36.4 Å². The van der Waals surface area contributed by atoms with E-state index in [1.165, 1.54) is 0 Å². The molecule has 1 unspecified atom stereocenters. The van der Waals surface area contributed by atoms with E-state index in [9.17, 15) is 4.79 Å². The normalized spacial score (nSPS) is 15.5. The second-order valence-corrected chi connectivity index (χ2v) is 8.00. The first-order valence-corrected chi connectivity index (χ1v) is 10.6. The summed E-state index contributed by atoms with van der Waals surface area (Å²) in [5.41, 5.74) is 4.77. The third-order valence-electron chi connectivity index (χ3n) is 5.91. The molecule has 0 fully saturated rings. The SMILES string of the molecule is COc1ccccc1C1CC(=O)c2c(C)nc(Nc3nc(C)c4ccccc4n3)nc2C1. The van der Waals surface area contributed by atoms with Gasteiger partial charge in [0, 0.05) is 17.7 Å². The van der Waals surface area contributed by atoms with E-state index in [0.717, 1.165) is 33.6 Å². The summed E-state index contributed by atoms with van der Waals surface area (Å²) in [5.74, 6) is 1.68. The first-order valence-electron chi connectivity index (χ1n) is 10.6. The van der Waals surface area contributed by atoms with Gasteiger partial charge in [-0.25, -0.2) is 19.9 Å². The zero-order valence-corrected chi connectivity index (χ0v) is 18.2. The molecular weight excluding hydrogens is 402 g/mol. The molecule has 5 rings (SSSR count). The van der Waals surface area contributed by atoms with Gasteiger partial charge in [-0.3, -0.25) is 10.1 Å². The average Bonchev–Trinajstić information content (AvgIpc) is 2.78. The molecule has 160 valence electrons. The summed E-state index contributed by atoms with van der Waals surface area (Å²) in [4.78, 5) is 31.3. The number of hydrogen-bond donors (Lipinski definition) is 1. The van der Waals surface area contributed by atoms with Crippen LogP contribution in [0.4, 0.5) is 11.9 Å². The summed E-state index contributed by atoms with van der Waals surface area (Å²) < 4.78 is 5.52. The van der Waals surface area contributed by atoms with Crippen LogP contribution in [0.5, 0.6) is 5.75 Å². The lowest BCUT2D eigenvalue weighted by atomic mass is 9.81. The molecular formula is C25H23N5O2. The highest BCUT2D eigenvalue weighted by atomic mass is 16.5. The summed E-state index contributed by atoms with van der Waals surface area (Å²) in [5, 5.41) is 4.14. The van der Waals surface area contributed by atoms with Crippen LogP contribution >= 0.6 is 0 Å². The van der Waals surface area contributed by atoms with Gasteiger partial charge in [-0.05, 0) is 38.0 Å². The molecule has 0 spiro atoms. The fourth-order valence-corrected chi connectivity index (χ4v) is 4.44. The number of aryl methyl sites for hydroxylation is 2. The first-order chi connectivity index (χ1) is 15.5. The zero-order valence-electron chi connectivity index (χ0n) is 18.2. The van der Waals surface area contributed by atoms with Crippen molar-refractivity contribution in [3.8, 4) is 5.75 Å². The van der Waals surface area contributed by atoms with Crippen molar-refractivity contribution in [1.29, 1.82) is 0 Å². The van der Waals surface area contributed by atoms with Gasteiger partial charge in [0.2, 0.25) is 11.9 Å². The van der Waals surface area contributed by atoms with Crippen LogP contribution in [0.25, 0.3) is 10.9 Å². The van der Waals surface area contributed by atoms with Crippen LogP contribution in [-0.4, -0.2) is 32.8 Å². The monoisotopic (exact) mass is 425 g/mol. The summed E-state index contributed by atoms with van der Waals surface area (Å²) in [6, 6.07) is 15.7. The molecule has 0 bridgehead atoms. The van der Waals surface area contributed by atoms with Gasteiger partial charge >= 0.3 is 0 Å². The minimum Gasteiger partial charge on any atom is -0.496 e. The molecule has 1 aliphatic rings. The number of benzene rings is 2. The molecule has 0 amide bonds. The largest absolute Gasteiger partial charge is 0.496 e. The maximum atomic E-state index is 13.0. The smallest absolute Gasteiger partial charge is 0.230 e. The average molecular weight is 425 g/mol. The molecule has 7 nitrogen and oxygen atoms in total. The number of rotatable bonds is 4. The second-order valence-electron chi connectivity index (χ2n) is 8.00. The maximum Gasteiger partial charge on any atom is 0.230 e. The number of ether oxygens (including phenoxy) is 1. The number of para-hydroxylation sites is 2. The molecule has 32 heavy (non-hydrogen) atoms. The zero-order chi connectivity index (χ0) is 22.2. The van der Waals surface area contributed by atoms with Crippen molar-refractivity contribution in [2.45, 2.75) is 32.6 Å². The van der Waals surface area contributed by atoms with Crippen molar-refractivity contribution in [3.63, 3.8) is 0 Å². The Bertz CT molecular complexity index is 1350. The Morgan fingerprint density at radius 3 is 2.44 bits per heavy atom. The number of aromatic nitrogens is 4. The second kappa shape index (κ2) is 8.00. The molecule has 2 aromatic heterocycles. The van der Waals surface area contributed by atoms with Gasteiger partial charge < -0.3 is 4.74 Å². The molecule has 0 saturated heterocycles. The minimum absolute atomic E-state index is 0.00691. The highest BCUT2D eigenvalue weighted by Crippen LogP contribution is 2.37. The Morgan fingerprint density at radius 2 is 1.59 bits per heavy atom. The van der Waals surface area contributed by atoms with Gasteiger partial charge in [0.05, 0.1) is 35.3 Å². The van der Waals surface area contributed by atoms with Crippen LogP contribution in [0.15, 0.2) is 48.5 Å². The molecule has 0 saturated carbocycles. The molecule has 1 atom stereocenters. The highest BCUT2D eigenvalue weighted by molar-refractivity contribution is 6.00. The predicted molar refractivity (Wildman–Crippen MR) is 123 cm³/mol. The standard InChI is InChI=1S/C25H23N5O2/c1-14-17-8-4-6-10-19(17)28-24(26-14)30-25-27-15(2)23-20(29-25)12-16(13-21(23)31)18-9-5-7-11-22(18)32-3/h4-11,16H,12-13H2,1-3H3,(H,26,27,28,29,30). The molecule has 1 aliphatic carbocycles. The third-order valence-corrected chi connectivity index (χ3v) is 5.91. The molecule has 2 heterocycles. The Hall–Kier alpha value is -3.87. The fourth-order valence-electron chi connectivity index (χ4n) is 4.44. The van der Waals surface area contributed by atoms with Gasteiger partial charge in [0.25, 0.3) is 0 Å². The molecule has 4 aromatic rings. The number of fused-ring (bicyclic) bond motifs is 2. The predicted octanol–water partition coefficient (Wildman–Crippen LogP) is 4.70. The van der Waals surface area contributed by atoms with Gasteiger partial charge in [-0.15, -0.1) is 0 Å². The lowest BCUT2D eigenvalue weighted by Crippen LogP contribution is -2.23. The van der Waals surface area contributed by atoms with E-state index in [1.807, 2.05) is 62.4 Å². The molecule has 7 heteroatoms. The topological polar surface area (TPSA) is 89.9 Å². The van der Waals surface area contributed by atoms with Crippen molar-refractivity contribution < 1.29 is 9.53 Å². The van der Waals surface area contributed by atoms with Crippen molar-refractivity contribution in [1.82, 2.24) is 19.9 Å². The summed E-state index contributed by atoms with van der Waals surface area (Å²) in [6.45, 7) is 3.80. The molecule has 2 aromatic carbocycles. The summed E-state index contributed by atoms with van der Waals surface area (Å²) in [7, 11) is 1.65. The van der Waals surface area contributed by atoms with E-state index in [2.05, 4.69) is 20.3 Å². The van der Waals surface area contributed by atoms with Gasteiger partial charge in [0.1, 0.15) is 5.75 Å². The maximum absolute atomic E-state index is 13.0. The van der Waals surface area contributed by atoms with Crippen LogP contribution < -0.4 is 10.1 Å². The van der Waals surface area contributed by atoms with Crippen molar-refractivity contribution in [2.24, 2.45) is 0 Å². The third kappa shape index (κ3) is 3.56. The first kappa shape index (κ1) is 20.1. The number of methoxy groups -OCH3 is 1. The lowest BCUT2D eigenvalue weighted by molar-refractivity contribution is 0.0961. The number of carbonyl (C=O) groups excluding carboxylic acids is 1.